The third kappa shape index (κ3) is 1.82. The van der Waals surface area contributed by atoms with E-state index in [1.54, 1.807) is 0 Å². The van der Waals surface area contributed by atoms with Gasteiger partial charge in [-0.25, -0.2) is 0 Å². The zero-order valence-corrected chi connectivity index (χ0v) is 22.1. The largest absolute Gasteiger partial charge is 0.422 e. The molecule has 0 aliphatic carbocycles. The summed E-state index contributed by atoms with van der Waals surface area (Å²) in [6.45, 7) is 0. The maximum Gasteiger partial charge on any atom is 0.354 e. The SMILES string of the molecule is c1cc[n+]2c(c1)-n1c3ccccc3c3ccc4c(c31)C21c2c3ccccc3c3c5ccncc5c5ccc([n+]1c5n23)O4. The monoisotopic (exact) mass is 537 g/mol. The first-order valence-electron chi connectivity index (χ1n) is 14.3. The number of pyridine rings is 4. The number of para-hydroxylation sites is 1. The molecule has 9 aromatic rings. The van der Waals surface area contributed by atoms with Crippen LogP contribution < -0.4 is 13.9 Å². The molecular formula is C36H19N5O+2. The van der Waals surface area contributed by atoms with Crippen molar-refractivity contribution >= 4 is 59.9 Å². The summed E-state index contributed by atoms with van der Waals surface area (Å²) < 4.78 is 16.8. The van der Waals surface area contributed by atoms with Crippen LogP contribution in [0.25, 0.3) is 65.7 Å². The molecule has 0 saturated heterocycles. The van der Waals surface area contributed by atoms with Gasteiger partial charge in [-0.2, -0.15) is 13.5 Å². The molecule has 3 aliphatic heterocycles. The van der Waals surface area contributed by atoms with Crippen LogP contribution in [0.3, 0.4) is 0 Å². The van der Waals surface area contributed by atoms with E-state index in [1.165, 1.54) is 54.7 Å². The fourth-order valence-electron chi connectivity index (χ4n) is 8.62. The quantitative estimate of drug-likeness (QED) is 0.164. The second kappa shape index (κ2) is 6.26. The van der Waals surface area contributed by atoms with Crippen molar-refractivity contribution in [3.8, 4) is 17.4 Å². The van der Waals surface area contributed by atoms with E-state index in [4.69, 9.17) is 4.74 Å². The zero-order chi connectivity index (χ0) is 26.9. The van der Waals surface area contributed by atoms with Crippen molar-refractivity contribution in [2.75, 3.05) is 0 Å². The minimum Gasteiger partial charge on any atom is -0.422 e. The first-order valence-corrected chi connectivity index (χ1v) is 14.3. The van der Waals surface area contributed by atoms with Crippen molar-refractivity contribution in [3.05, 3.63) is 127 Å². The highest BCUT2D eigenvalue weighted by atomic mass is 16.5. The molecule has 9 heterocycles. The number of hydrogen-bond donors (Lipinski definition) is 0. The van der Waals surface area contributed by atoms with E-state index in [0.717, 1.165) is 33.9 Å². The summed E-state index contributed by atoms with van der Waals surface area (Å²) in [4.78, 5) is 4.58. The Balaban J connectivity index is 1.48. The van der Waals surface area contributed by atoms with Crippen LogP contribution in [0.5, 0.6) is 11.6 Å². The Morgan fingerprint density at radius 3 is 2.40 bits per heavy atom. The maximum atomic E-state index is 6.87. The maximum absolute atomic E-state index is 6.87. The van der Waals surface area contributed by atoms with E-state index in [2.05, 4.69) is 126 Å². The van der Waals surface area contributed by atoms with E-state index in [-0.39, 0.29) is 0 Å². The van der Waals surface area contributed by atoms with Crippen molar-refractivity contribution < 1.29 is 13.9 Å². The topological polar surface area (TPSA) is 39.2 Å². The number of ether oxygens (including phenoxy) is 1. The zero-order valence-electron chi connectivity index (χ0n) is 22.1. The van der Waals surface area contributed by atoms with Gasteiger partial charge in [0.15, 0.2) is 5.52 Å². The van der Waals surface area contributed by atoms with Gasteiger partial charge in [0.1, 0.15) is 22.3 Å². The van der Waals surface area contributed by atoms with Gasteiger partial charge in [0.05, 0.1) is 11.6 Å². The normalized spacial score (nSPS) is 17.3. The molecule has 1 spiro atoms. The number of benzene rings is 3. The number of hydrogen-bond acceptors (Lipinski definition) is 2. The predicted octanol–water partition coefficient (Wildman–Crippen LogP) is 6.50. The fourth-order valence-corrected chi connectivity index (χ4v) is 8.62. The summed E-state index contributed by atoms with van der Waals surface area (Å²) in [5, 5.41) is 8.49. The Hall–Kier alpha value is -5.75. The highest BCUT2D eigenvalue weighted by molar-refractivity contribution is 6.20. The van der Waals surface area contributed by atoms with Gasteiger partial charge in [0.25, 0.3) is 11.7 Å². The van der Waals surface area contributed by atoms with E-state index < -0.39 is 5.66 Å². The van der Waals surface area contributed by atoms with Crippen LogP contribution in [0.2, 0.25) is 0 Å². The van der Waals surface area contributed by atoms with Gasteiger partial charge in [-0.3, -0.25) is 4.98 Å². The summed E-state index contributed by atoms with van der Waals surface area (Å²) in [5.41, 5.74) is 6.46. The molecule has 12 rings (SSSR count). The molecule has 42 heavy (non-hydrogen) atoms. The van der Waals surface area contributed by atoms with Crippen molar-refractivity contribution in [2.24, 2.45) is 0 Å². The van der Waals surface area contributed by atoms with Crippen LogP contribution in [0.15, 0.2) is 116 Å². The molecule has 6 aromatic heterocycles. The van der Waals surface area contributed by atoms with E-state index >= 15 is 0 Å². The molecule has 192 valence electrons. The summed E-state index contributed by atoms with van der Waals surface area (Å²) in [7, 11) is 0. The van der Waals surface area contributed by atoms with E-state index in [0.29, 0.717) is 0 Å². The first-order chi connectivity index (χ1) is 20.9. The molecule has 0 amide bonds. The van der Waals surface area contributed by atoms with Gasteiger partial charge in [-0.15, -0.1) is 4.57 Å². The Bertz CT molecular complexity index is 2790. The number of fused-ring (bicyclic) bond motifs is 11. The molecule has 0 saturated carbocycles. The third-order valence-electron chi connectivity index (χ3n) is 9.96. The van der Waals surface area contributed by atoms with Gasteiger partial charge in [-0.05, 0) is 54.6 Å². The lowest BCUT2D eigenvalue weighted by Crippen LogP contribution is -2.76. The Morgan fingerprint density at radius 1 is 0.667 bits per heavy atom. The molecule has 1 unspecified atom stereocenters. The first kappa shape index (κ1) is 20.2. The lowest BCUT2D eigenvalue weighted by Gasteiger charge is -2.34. The molecule has 0 radical (unpaired) electrons. The van der Waals surface area contributed by atoms with Crippen molar-refractivity contribution in [1.29, 1.82) is 0 Å². The lowest BCUT2D eigenvalue weighted by atomic mass is 9.87. The molecule has 0 fully saturated rings. The number of rotatable bonds is 0. The van der Waals surface area contributed by atoms with Crippen LogP contribution in [0.4, 0.5) is 0 Å². The van der Waals surface area contributed by atoms with Gasteiger partial charge in [0, 0.05) is 56.8 Å². The fraction of sp³-hybridized carbons (Fsp3) is 0.0278. The van der Waals surface area contributed by atoms with E-state index in [1.807, 2.05) is 12.4 Å². The molecular weight excluding hydrogens is 518 g/mol. The number of nitrogens with zero attached hydrogens (tertiary/aromatic N) is 5. The van der Waals surface area contributed by atoms with Crippen molar-refractivity contribution in [3.63, 3.8) is 0 Å². The van der Waals surface area contributed by atoms with Gasteiger partial charge in [0.2, 0.25) is 5.69 Å². The highest BCUT2D eigenvalue weighted by Crippen LogP contribution is 2.54. The van der Waals surface area contributed by atoms with E-state index in [9.17, 15) is 0 Å². The van der Waals surface area contributed by atoms with Crippen LogP contribution in [0, 0.1) is 0 Å². The van der Waals surface area contributed by atoms with Gasteiger partial charge >= 0.3 is 11.3 Å². The highest BCUT2D eigenvalue weighted by Gasteiger charge is 2.67. The standard InChI is InChI=1S/C36H19N5O/c1-2-9-24-21(8-1)32-23-16-17-37-19-26(23)25-13-15-30-41-35(25)40(32)34(24)36(41)31-28(42-30)14-12-22-20-7-3-4-10-27(20)39(33(22)31)29-11-5-6-18-38(29)36/h1-19H/q+2. The average molecular weight is 538 g/mol. The lowest BCUT2D eigenvalue weighted by molar-refractivity contribution is -0.958. The Kier molecular flexibility index (Phi) is 3.01. The predicted molar refractivity (Wildman–Crippen MR) is 161 cm³/mol. The summed E-state index contributed by atoms with van der Waals surface area (Å²) in [5.74, 6) is 2.85. The summed E-state index contributed by atoms with van der Waals surface area (Å²) >= 11 is 0. The van der Waals surface area contributed by atoms with Crippen LogP contribution in [-0.4, -0.2) is 14.0 Å². The molecule has 6 nitrogen and oxygen atoms in total. The van der Waals surface area contributed by atoms with Crippen molar-refractivity contribution in [2.45, 2.75) is 5.66 Å². The summed E-state index contributed by atoms with van der Waals surface area (Å²) in [6, 6.07) is 35.1. The van der Waals surface area contributed by atoms with Crippen molar-refractivity contribution in [1.82, 2.24) is 14.0 Å². The smallest absolute Gasteiger partial charge is 0.354 e. The molecule has 3 aromatic carbocycles. The molecule has 3 aliphatic rings. The minimum atomic E-state index is -0.706. The van der Waals surface area contributed by atoms with Gasteiger partial charge < -0.3 is 4.74 Å². The Morgan fingerprint density at radius 2 is 1.45 bits per heavy atom. The molecule has 0 bridgehead atoms. The second-order valence-corrected chi connectivity index (χ2v) is 11.6. The summed E-state index contributed by atoms with van der Waals surface area (Å²) in [6.07, 6.45) is 6.17. The van der Waals surface area contributed by atoms with Crippen LogP contribution in [0.1, 0.15) is 11.3 Å². The molecule has 6 heteroatoms. The minimum absolute atomic E-state index is 0.706. The Labute approximate surface area is 237 Å². The second-order valence-electron chi connectivity index (χ2n) is 11.6. The van der Waals surface area contributed by atoms with Gasteiger partial charge in [-0.1, -0.05) is 30.3 Å². The number of aromatic nitrogens is 5. The van der Waals surface area contributed by atoms with Crippen LogP contribution >= 0.6 is 0 Å². The molecule has 1 atom stereocenters. The van der Waals surface area contributed by atoms with Crippen LogP contribution in [-0.2, 0) is 5.66 Å². The third-order valence-corrected chi connectivity index (χ3v) is 9.96. The molecule has 0 N–H and O–H groups in total. The average Bonchev–Trinajstić information content (AvgIpc) is 3.68.